The van der Waals surface area contributed by atoms with Crippen molar-refractivity contribution in [3.8, 4) is 0 Å². The van der Waals surface area contributed by atoms with E-state index in [2.05, 4.69) is 10.6 Å². The molecule has 1 amide bonds. The van der Waals surface area contributed by atoms with Gasteiger partial charge in [0, 0.05) is 30.2 Å². The van der Waals surface area contributed by atoms with Gasteiger partial charge in [-0.2, -0.15) is 0 Å². The number of halogens is 1. The van der Waals surface area contributed by atoms with Crippen molar-refractivity contribution in [2.75, 3.05) is 13.6 Å². The van der Waals surface area contributed by atoms with Gasteiger partial charge in [-0.05, 0) is 73.0 Å². The number of carbonyl (C=O) groups is 1. The number of amides is 1. The van der Waals surface area contributed by atoms with Gasteiger partial charge in [0.25, 0.3) is 5.91 Å². The molecule has 0 spiro atoms. The second-order valence-corrected chi connectivity index (χ2v) is 10.2. The molecule has 3 N–H and O–H groups in total. The van der Waals surface area contributed by atoms with E-state index in [0.717, 1.165) is 11.1 Å². The number of hydrogen-bond donors (Lipinski definition) is 3. The molecule has 2 atom stereocenters. The van der Waals surface area contributed by atoms with Crippen LogP contribution in [-0.4, -0.2) is 39.1 Å². The summed E-state index contributed by atoms with van der Waals surface area (Å²) in [5.41, 5.74) is 2.12. The monoisotopic (exact) mass is 486 g/mol. The minimum Gasteiger partial charge on any atom is -0.387 e. The molecule has 3 rings (SSSR count). The number of nitrogens with one attached hydrogen (secondary N) is 2. The third-order valence-electron chi connectivity index (χ3n) is 5.32. The zero-order chi connectivity index (χ0) is 24.0. The van der Waals surface area contributed by atoms with E-state index in [0.29, 0.717) is 23.6 Å². The molecule has 0 saturated heterocycles. The highest BCUT2D eigenvalue weighted by molar-refractivity contribution is 7.91. The molecule has 3 aromatic rings. The lowest BCUT2D eigenvalue weighted by atomic mass is 10.1. The first-order valence-corrected chi connectivity index (χ1v) is 12.4. The SMILES string of the molecule is CNC(=O)c1ccc(S(=O)(=O)c2ccc(C[C@@H](C)NC[C@@H](O)c3cccc(Cl)c3)cc2)cc1. The summed E-state index contributed by atoms with van der Waals surface area (Å²) >= 11 is 5.98. The van der Waals surface area contributed by atoms with Crippen LogP contribution in [0.15, 0.2) is 82.6 Å². The van der Waals surface area contributed by atoms with Gasteiger partial charge in [-0.3, -0.25) is 4.79 Å². The first-order valence-electron chi connectivity index (χ1n) is 10.5. The van der Waals surface area contributed by atoms with Crippen molar-refractivity contribution >= 4 is 27.3 Å². The van der Waals surface area contributed by atoms with Crippen molar-refractivity contribution in [1.82, 2.24) is 10.6 Å². The number of aliphatic hydroxyl groups excluding tert-OH is 1. The lowest BCUT2D eigenvalue weighted by molar-refractivity contribution is 0.0963. The van der Waals surface area contributed by atoms with E-state index < -0.39 is 15.9 Å². The molecule has 0 unspecified atom stereocenters. The van der Waals surface area contributed by atoms with Crippen LogP contribution in [0.4, 0.5) is 0 Å². The summed E-state index contributed by atoms with van der Waals surface area (Å²) in [5, 5.41) is 16.7. The minimum atomic E-state index is -3.68. The van der Waals surface area contributed by atoms with Crippen LogP contribution >= 0.6 is 11.6 Å². The summed E-state index contributed by atoms with van der Waals surface area (Å²) in [7, 11) is -2.16. The molecule has 6 nitrogen and oxygen atoms in total. The molecule has 0 aliphatic carbocycles. The minimum absolute atomic E-state index is 0.0681. The zero-order valence-corrected chi connectivity index (χ0v) is 20.0. The topological polar surface area (TPSA) is 95.5 Å². The summed E-state index contributed by atoms with van der Waals surface area (Å²) in [6, 6.07) is 19.8. The first-order chi connectivity index (χ1) is 15.7. The van der Waals surface area contributed by atoms with E-state index in [1.807, 2.05) is 13.0 Å². The van der Waals surface area contributed by atoms with Gasteiger partial charge in [-0.25, -0.2) is 8.42 Å². The molecular weight excluding hydrogens is 460 g/mol. The Morgan fingerprint density at radius 1 is 1.00 bits per heavy atom. The average Bonchev–Trinajstić information content (AvgIpc) is 2.82. The van der Waals surface area contributed by atoms with Crippen LogP contribution in [0.25, 0.3) is 0 Å². The Hall–Kier alpha value is -2.71. The molecule has 0 aliphatic rings. The summed E-state index contributed by atoms with van der Waals surface area (Å²) in [6.45, 7) is 2.38. The van der Waals surface area contributed by atoms with Gasteiger partial charge in [0.1, 0.15) is 0 Å². The van der Waals surface area contributed by atoms with Crippen molar-refractivity contribution < 1.29 is 18.3 Å². The van der Waals surface area contributed by atoms with Gasteiger partial charge in [0.05, 0.1) is 15.9 Å². The van der Waals surface area contributed by atoms with Crippen LogP contribution in [0.1, 0.15) is 34.5 Å². The second kappa shape index (κ2) is 10.9. The third kappa shape index (κ3) is 6.42. The lowest BCUT2D eigenvalue weighted by Gasteiger charge is -2.18. The van der Waals surface area contributed by atoms with Gasteiger partial charge in [-0.15, -0.1) is 0 Å². The maximum Gasteiger partial charge on any atom is 0.251 e. The van der Waals surface area contributed by atoms with E-state index >= 15 is 0 Å². The normalized spacial score (nSPS) is 13.3. The number of sulfone groups is 1. The van der Waals surface area contributed by atoms with Crippen LogP contribution in [0.2, 0.25) is 5.02 Å². The standard InChI is InChI=1S/C25H27ClN2O4S/c1-17(28-16-24(29)20-4-3-5-21(26)15-20)14-18-6-10-22(11-7-18)33(31,32)23-12-8-19(9-13-23)25(30)27-2/h3-13,15,17,24,28-29H,14,16H2,1-2H3,(H,27,30)/t17-,24-/m1/s1. The van der Waals surface area contributed by atoms with E-state index in [9.17, 15) is 18.3 Å². The Labute approximate surface area is 199 Å². The van der Waals surface area contributed by atoms with Gasteiger partial charge in [0.2, 0.25) is 9.84 Å². The number of benzene rings is 3. The molecule has 0 aliphatic heterocycles. The van der Waals surface area contributed by atoms with Crippen LogP contribution in [-0.2, 0) is 16.3 Å². The summed E-state index contributed by atoms with van der Waals surface area (Å²) < 4.78 is 25.8. The second-order valence-electron chi connectivity index (χ2n) is 7.84. The van der Waals surface area contributed by atoms with Gasteiger partial charge in [-0.1, -0.05) is 35.9 Å². The van der Waals surface area contributed by atoms with Crippen molar-refractivity contribution in [2.24, 2.45) is 0 Å². The Morgan fingerprint density at radius 2 is 1.61 bits per heavy atom. The Bertz CT molecular complexity index is 1200. The molecule has 0 radical (unpaired) electrons. The van der Waals surface area contributed by atoms with Crippen LogP contribution in [0.5, 0.6) is 0 Å². The predicted octanol–water partition coefficient (Wildman–Crippen LogP) is 3.79. The molecule has 8 heteroatoms. The summed E-state index contributed by atoms with van der Waals surface area (Å²) in [4.78, 5) is 12.0. The Kier molecular flexibility index (Phi) is 8.26. The molecule has 174 valence electrons. The van der Waals surface area contributed by atoms with E-state index in [-0.39, 0.29) is 21.7 Å². The number of rotatable bonds is 9. The van der Waals surface area contributed by atoms with E-state index in [1.54, 1.807) is 42.5 Å². The molecular formula is C25H27ClN2O4S. The fourth-order valence-electron chi connectivity index (χ4n) is 3.44. The number of carbonyl (C=O) groups excluding carboxylic acids is 1. The largest absolute Gasteiger partial charge is 0.387 e. The first kappa shape index (κ1) is 24.9. The molecule has 0 saturated carbocycles. The molecule has 33 heavy (non-hydrogen) atoms. The highest BCUT2D eigenvalue weighted by atomic mass is 35.5. The van der Waals surface area contributed by atoms with Crippen LogP contribution in [0, 0.1) is 0 Å². The number of aliphatic hydroxyl groups is 1. The highest BCUT2D eigenvalue weighted by Gasteiger charge is 2.18. The molecule has 3 aromatic carbocycles. The molecule has 0 aromatic heterocycles. The van der Waals surface area contributed by atoms with Crippen molar-refractivity contribution in [2.45, 2.75) is 35.3 Å². The van der Waals surface area contributed by atoms with Gasteiger partial charge >= 0.3 is 0 Å². The van der Waals surface area contributed by atoms with Crippen molar-refractivity contribution in [1.29, 1.82) is 0 Å². The third-order valence-corrected chi connectivity index (χ3v) is 7.34. The van der Waals surface area contributed by atoms with E-state index in [4.69, 9.17) is 11.6 Å². The molecule has 0 fully saturated rings. The summed E-state index contributed by atoms with van der Waals surface area (Å²) in [5.74, 6) is -0.272. The number of hydrogen-bond acceptors (Lipinski definition) is 5. The van der Waals surface area contributed by atoms with Crippen molar-refractivity contribution in [3.05, 3.63) is 94.5 Å². The fraction of sp³-hybridized carbons (Fsp3) is 0.240. The van der Waals surface area contributed by atoms with E-state index in [1.165, 1.54) is 31.3 Å². The molecule has 0 bridgehead atoms. The van der Waals surface area contributed by atoms with Crippen LogP contribution < -0.4 is 10.6 Å². The zero-order valence-electron chi connectivity index (χ0n) is 18.5. The highest BCUT2D eigenvalue weighted by Crippen LogP contribution is 2.22. The lowest BCUT2D eigenvalue weighted by Crippen LogP contribution is -2.32. The predicted molar refractivity (Wildman–Crippen MR) is 129 cm³/mol. The Balaban J connectivity index is 1.60. The Morgan fingerprint density at radius 3 is 2.18 bits per heavy atom. The average molecular weight is 487 g/mol. The quantitative estimate of drug-likeness (QED) is 0.427. The maximum atomic E-state index is 12.9. The summed E-state index contributed by atoms with van der Waals surface area (Å²) in [6.07, 6.45) is -0.00266. The smallest absolute Gasteiger partial charge is 0.251 e. The van der Waals surface area contributed by atoms with Crippen LogP contribution in [0.3, 0.4) is 0 Å². The van der Waals surface area contributed by atoms with Gasteiger partial charge in [0.15, 0.2) is 0 Å². The van der Waals surface area contributed by atoms with Gasteiger partial charge < -0.3 is 15.7 Å². The van der Waals surface area contributed by atoms with Crippen molar-refractivity contribution in [3.63, 3.8) is 0 Å². The fourth-order valence-corrected chi connectivity index (χ4v) is 4.90. The maximum absolute atomic E-state index is 12.9. The molecule has 0 heterocycles.